The third kappa shape index (κ3) is 8.55. The van der Waals surface area contributed by atoms with Crippen molar-refractivity contribution in [2.45, 2.75) is 50.2 Å². The van der Waals surface area contributed by atoms with Crippen LogP contribution in [-0.4, -0.2) is 60.7 Å². The SMILES string of the molecule is NC(N)=NCCC[C@H](NC(=O)[C@@H](Cc1ccccc1)NC(=O)[C@H]1CCCN1)C(=O)CCl. The molecule has 3 atom stereocenters. The first-order chi connectivity index (χ1) is 14.9. The van der Waals surface area contributed by atoms with E-state index in [2.05, 4.69) is 20.9 Å². The highest BCUT2D eigenvalue weighted by Crippen LogP contribution is 2.09. The van der Waals surface area contributed by atoms with Gasteiger partial charge >= 0.3 is 0 Å². The quantitative estimate of drug-likeness (QED) is 0.129. The molecule has 0 radical (unpaired) electrons. The summed E-state index contributed by atoms with van der Waals surface area (Å²) in [6, 6.07) is 7.48. The van der Waals surface area contributed by atoms with Gasteiger partial charge in [-0.15, -0.1) is 11.6 Å². The number of alkyl halides is 1. The van der Waals surface area contributed by atoms with Crippen LogP contribution < -0.4 is 27.4 Å². The number of benzene rings is 1. The van der Waals surface area contributed by atoms with Gasteiger partial charge in [0.1, 0.15) is 6.04 Å². The summed E-state index contributed by atoms with van der Waals surface area (Å²) >= 11 is 5.73. The van der Waals surface area contributed by atoms with E-state index in [-0.39, 0.29) is 29.6 Å². The Morgan fingerprint density at radius 1 is 1.16 bits per heavy atom. The van der Waals surface area contributed by atoms with Gasteiger partial charge in [-0.2, -0.15) is 0 Å². The van der Waals surface area contributed by atoms with E-state index in [0.29, 0.717) is 25.8 Å². The Morgan fingerprint density at radius 2 is 1.90 bits per heavy atom. The van der Waals surface area contributed by atoms with Gasteiger partial charge < -0.3 is 27.4 Å². The average Bonchev–Trinajstić information content (AvgIpc) is 3.30. The molecule has 1 aromatic rings. The van der Waals surface area contributed by atoms with Crippen molar-refractivity contribution in [2.24, 2.45) is 16.5 Å². The summed E-state index contributed by atoms with van der Waals surface area (Å²) in [4.78, 5) is 41.8. The summed E-state index contributed by atoms with van der Waals surface area (Å²) in [6.07, 6.45) is 2.78. The number of Topliss-reactive ketones (excluding diaryl/α,β-unsaturated/α-hetero) is 1. The monoisotopic (exact) mass is 450 g/mol. The van der Waals surface area contributed by atoms with Crippen molar-refractivity contribution in [3.8, 4) is 0 Å². The minimum absolute atomic E-state index is 0.0320. The molecule has 9 nitrogen and oxygen atoms in total. The Kier molecular flexibility index (Phi) is 10.3. The van der Waals surface area contributed by atoms with Gasteiger partial charge in [-0.1, -0.05) is 30.3 Å². The lowest BCUT2D eigenvalue weighted by atomic mass is 10.0. The van der Waals surface area contributed by atoms with Gasteiger partial charge in [0.2, 0.25) is 11.8 Å². The lowest BCUT2D eigenvalue weighted by Crippen LogP contribution is -2.55. The third-order valence-electron chi connectivity index (χ3n) is 5.07. The highest BCUT2D eigenvalue weighted by molar-refractivity contribution is 6.28. The van der Waals surface area contributed by atoms with E-state index in [1.807, 2.05) is 30.3 Å². The molecule has 10 heteroatoms. The van der Waals surface area contributed by atoms with Crippen LogP contribution in [0.25, 0.3) is 0 Å². The highest BCUT2D eigenvalue weighted by Gasteiger charge is 2.29. The summed E-state index contributed by atoms with van der Waals surface area (Å²) in [5.74, 6) is -1.21. The molecule has 31 heavy (non-hydrogen) atoms. The van der Waals surface area contributed by atoms with Gasteiger partial charge in [-0.3, -0.25) is 19.4 Å². The fourth-order valence-corrected chi connectivity index (χ4v) is 3.61. The summed E-state index contributed by atoms with van der Waals surface area (Å²) < 4.78 is 0. The van der Waals surface area contributed by atoms with E-state index in [0.717, 1.165) is 24.9 Å². The largest absolute Gasteiger partial charge is 0.370 e. The molecule has 1 saturated heterocycles. The number of carbonyl (C=O) groups excluding carboxylic acids is 3. The molecule has 1 aliphatic heterocycles. The van der Waals surface area contributed by atoms with E-state index < -0.39 is 18.0 Å². The highest BCUT2D eigenvalue weighted by atomic mass is 35.5. The van der Waals surface area contributed by atoms with Crippen molar-refractivity contribution in [3.63, 3.8) is 0 Å². The van der Waals surface area contributed by atoms with Crippen LogP contribution in [0.15, 0.2) is 35.3 Å². The van der Waals surface area contributed by atoms with Crippen molar-refractivity contribution < 1.29 is 14.4 Å². The number of halogens is 1. The Morgan fingerprint density at radius 3 is 2.52 bits per heavy atom. The maximum Gasteiger partial charge on any atom is 0.243 e. The zero-order chi connectivity index (χ0) is 22.6. The maximum absolute atomic E-state index is 13.1. The first-order valence-electron chi connectivity index (χ1n) is 10.4. The molecule has 0 aromatic heterocycles. The Labute approximate surface area is 187 Å². The summed E-state index contributed by atoms with van der Waals surface area (Å²) in [5, 5.41) is 8.72. The number of nitrogens with two attached hydrogens (primary N) is 2. The van der Waals surface area contributed by atoms with E-state index in [1.54, 1.807) is 0 Å². The number of rotatable bonds is 12. The van der Waals surface area contributed by atoms with Crippen LogP contribution in [0.1, 0.15) is 31.2 Å². The molecule has 7 N–H and O–H groups in total. The number of hydrogen-bond donors (Lipinski definition) is 5. The second-order valence-corrected chi connectivity index (χ2v) is 7.78. The normalized spacial score (nSPS) is 17.4. The average molecular weight is 451 g/mol. The predicted molar refractivity (Wildman–Crippen MR) is 121 cm³/mol. The van der Waals surface area contributed by atoms with Crippen molar-refractivity contribution in [1.29, 1.82) is 0 Å². The standard InChI is InChI=1S/C21H31ClN6O3/c22-13-18(29)15(8-4-11-26-21(23)24)27-20(31)17(12-14-6-2-1-3-7-14)28-19(30)16-9-5-10-25-16/h1-3,6-7,15-17,25H,4-5,8-13H2,(H,27,31)(H,28,30)(H4,23,24,26)/t15-,16+,17+/m0/s1. The number of carbonyl (C=O) groups is 3. The number of guanidine groups is 1. The molecule has 2 amide bonds. The van der Waals surface area contributed by atoms with E-state index in [1.165, 1.54) is 0 Å². The van der Waals surface area contributed by atoms with Gasteiger partial charge in [0, 0.05) is 13.0 Å². The number of ketones is 1. The van der Waals surface area contributed by atoms with Crippen LogP contribution >= 0.6 is 11.6 Å². The second kappa shape index (κ2) is 12.9. The summed E-state index contributed by atoms with van der Waals surface area (Å²) in [5.41, 5.74) is 11.5. The van der Waals surface area contributed by atoms with Crippen LogP contribution in [0.5, 0.6) is 0 Å². The van der Waals surface area contributed by atoms with Gasteiger partial charge in [0.25, 0.3) is 0 Å². The van der Waals surface area contributed by atoms with Crippen molar-refractivity contribution in [2.75, 3.05) is 19.0 Å². The van der Waals surface area contributed by atoms with E-state index >= 15 is 0 Å². The number of nitrogens with one attached hydrogen (secondary N) is 3. The van der Waals surface area contributed by atoms with Crippen LogP contribution in [0.2, 0.25) is 0 Å². The molecule has 1 aliphatic rings. The first kappa shape index (κ1) is 24.6. The summed E-state index contributed by atoms with van der Waals surface area (Å²) in [7, 11) is 0. The topological polar surface area (TPSA) is 152 Å². The molecular formula is C21H31ClN6O3. The van der Waals surface area contributed by atoms with Crippen LogP contribution in [0, 0.1) is 0 Å². The lowest BCUT2D eigenvalue weighted by molar-refractivity contribution is -0.131. The molecule has 1 aromatic carbocycles. The molecular weight excluding hydrogens is 420 g/mol. The number of hydrogen-bond acceptors (Lipinski definition) is 5. The minimum Gasteiger partial charge on any atom is -0.370 e. The van der Waals surface area contributed by atoms with Crippen molar-refractivity contribution in [3.05, 3.63) is 35.9 Å². The molecule has 0 saturated carbocycles. The fraction of sp³-hybridized carbons (Fsp3) is 0.524. The summed E-state index contributed by atoms with van der Waals surface area (Å²) in [6.45, 7) is 1.11. The van der Waals surface area contributed by atoms with Gasteiger partial charge in [-0.25, -0.2) is 0 Å². The van der Waals surface area contributed by atoms with Crippen LogP contribution in [-0.2, 0) is 20.8 Å². The zero-order valence-electron chi connectivity index (χ0n) is 17.5. The first-order valence-corrected chi connectivity index (χ1v) is 11.0. The molecule has 170 valence electrons. The van der Waals surface area contributed by atoms with Gasteiger partial charge in [-0.05, 0) is 37.8 Å². The molecule has 0 spiro atoms. The number of aliphatic imine (C=N–C) groups is 1. The van der Waals surface area contributed by atoms with Crippen molar-refractivity contribution in [1.82, 2.24) is 16.0 Å². The van der Waals surface area contributed by atoms with E-state index in [9.17, 15) is 14.4 Å². The van der Waals surface area contributed by atoms with E-state index in [4.69, 9.17) is 23.1 Å². The molecule has 0 bridgehead atoms. The maximum atomic E-state index is 13.1. The predicted octanol–water partition coefficient (Wildman–Crippen LogP) is -0.188. The minimum atomic E-state index is -0.819. The zero-order valence-corrected chi connectivity index (χ0v) is 18.2. The Bertz CT molecular complexity index is 764. The molecule has 2 rings (SSSR count). The van der Waals surface area contributed by atoms with Gasteiger partial charge in [0.05, 0.1) is 18.0 Å². The number of nitrogens with zero attached hydrogens (tertiary/aromatic N) is 1. The smallest absolute Gasteiger partial charge is 0.243 e. The van der Waals surface area contributed by atoms with Crippen LogP contribution in [0.4, 0.5) is 0 Å². The Hall–Kier alpha value is -2.65. The second-order valence-electron chi connectivity index (χ2n) is 7.51. The lowest BCUT2D eigenvalue weighted by Gasteiger charge is -2.24. The fourth-order valence-electron chi connectivity index (χ4n) is 3.42. The van der Waals surface area contributed by atoms with Gasteiger partial charge in [0.15, 0.2) is 11.7 Å². The molecule has 0 unspecified atom stereocenters. The molecule has 1 fully saturated rings. The Balaban J connectivity index is 2.07. The van der Waals surface area contributed by atoms with Crippen LogP contribution in [0.3, 0.4) is 0 Å². The number of amides is 2. The van der Waals surface area contributed by atoms with Crippen molar-refractivity contribution >= 4 is 35.2 Å². The molecule has 1 heterocycles. The third-order valence-corrected chi connectivity index (χ3v) is 5.34. The molecule has 0 aliphatic carbocycles.